The molecule has 0 aliphatic carbocycles. The SMILES string of the molecule is COC(=O)c1occ(C)c(=O)c1C. The van der Waals surface area contributed by atoms with Gasteiger partial charge in [0.25, 0.3) is 0 Å². The van der Waals surface area contributed by atoms with Crippen molar-refractivity contribution in [2.75, 3.05) is 7.11 Å². The second-order valence-electron chi connectivity index (χ2n) is 2.69. The van der Waals surface area contributed by atoms with Crippen molar-refractivity contribution in [2.45, 2.75) is 13.8 Å². The smallest absolute Gasteiger partial charge is 0.374 e. The minimum atomic E-state index is -0.630. The molecule has 4 heteroatoms. The summed E-state index contributed by atoms with van der Waals surface area (Å²) in [6, 6.07) is 0. The van der Waals surface area contributed by atoms with Gasteiger partial charge in [-0.05, 0) is 13.8 Å². The van der Waals surface area contributed by atoms with Crippen molar-refractivity contribution in [2.24, 2.45) is 0 Å². The van der Waals surface area contributed by atoms with Gasteiger partial charge in [-0.1, -0.05) is 0 Å². The summed E-state index contributed by atoms with van der Waals surface area (Å²) in [5.74, 6) is -0.660. The summed E-state index contributed by atoms with van der Waals surface area (Å²) in [6.45, 7) is 3.16. The van der Waals surface area contributed by atoms with E-state index in [0.717, 1.165) is 0 Å². The van der Waals surface area contributed by atoms with Gasteiger partial charge in [-0.2, -0.15) is 0 Å². The van der Waals surface area contributed by atoms with Gasteiger partial charge in [0.15, 0.2) is 5.43 Å². The molecule has 0 atom stereocenters. The normalized spacial score (nSPS) is 9.77. The van der Waals surface area contributed by atoms with E-state index in [1.807, 2.05) is 0 Å². The zero-order chi connectivity index (χ0) is 10.0. The number of carbonyl (C=O) groups is 1. The summed E-state index contributed by atoms with van der Waals surface area (Å²) < 4.78 is 9.39. The summed E-state index contributed by atoms with van der Waals surface area (Å²) in [5.41, 5.74) is 0.573. The van der Waals surface area contributed by atoms with E-state index in [9.17, 15) is 9.59 Å². The largest absolute Gasteiger partial charge is 0.463 e. The second kappa shape index (κ2) is 3.43. The van der Waals surface area contributed by atoms with Gasteiger partial charge >= 0.3 is 5.97 Å². The van der Waals surface area contributed by atoms with E-state index in [-0.39, 0.29) is 16.8 Å². The summed E-state index contributed by atoms with van der Waals surface area (Å²) >= 11 is 0. The number of rotatable bonds is 1. The van der Waals surface area contributed by atoms with E-state index >= 15 is 0 Å². The standard InChI is InChI=1S/C9H10O4/c1-5-4-13-8(9(11)12-3)6(2)7(5)10/h4H,1-3H3. The number of hydrogen-bond acceptors (Lipinski definition) is 4. The molecule has 0 aliphatic rings. The molecule has 1 aromatic heterocycles. The maximum Gasteiger partial charge on any atom is 0.374 e. The molecule has 0 amide bonds. The Labute approximate surface area is 75.1 Å². The average molecular weight is 182 g/mol. The maximum atomic E-state index is 11.3. The van der Waals surface area contributed by atoms with E-state index < -0.39 is 5.97 Å². The Bertz CT molecular complexity index is 389. The lowest BCUT2D eigenvalue weighted by molar-refractivity contribution is 0.0560. The molecule has 1 rings (SSSR count). The molecule has 1 aromatic rings. The van der Waals surface area contributed by atoms with Crippen molar-refractivity contribution >= 4 is 5.97 Å². The van der Waals surface area contributed by atoms with E-state index in [2.05, 4.69) is 4.74 Å². The number of ether oxygens (including phenoxy) is 1. The fraction of sp³-hybridized carbons (Fsp3) is 0.333. The van der Waals surface area contributed by atoms with Gasteiger partial charge in [-0.25, -0.2) is 4.79 Å². The van der Waals surface area contributed by atoms with Crippen LogP contribution in [0.15, 0.2) is 15.5 Å². The first-order valence-electron chi connectivity index (χ1n) is 3.75. The van der Waals surface area contributed by atoms with Crippen molar-refractivity contribution in [3.63, 3.8) is 0 Å². The van der Waals surface area contributed by atoms with E-state index in [1.165, 1.54) is 20.3 Å². The Balaban J connectivity index is 3.35. The zero-order valence-corrected chi connectivity index (χ0v) is 7.71. The van der Waals surface area contributed by atoms with Crippen LogP contribution in [0.5, 0.6) is 0 Å². The van der Waals surface area contributed by atoms with Gasteiger partial charge in [0.2, 0.25) is 5.76 Å². The molecule has 0 saturated heterocycles. The van der Waals surface area contributed by atoms with Gasteiger partial charge in [-0.3, -0.25) is 4.79 Å². The predicted molar refractivity (Wildman–Crippen MR) is 45.8 cm³/mol. The molecule has 4 nitrogen and oxygen atoms in total. The van der Waals surface area contributed by atoms with Crippen LogP contribution < -0.4 is 5.43 Å². The molecule has 0 aliphatic heterocycles. The van der Waals surface area contributed by atoms with Crippen molar-refractivity contribution in [1.82, 2.24) is 0 Å². The van der Waals surface area contributed by atoms with Crippen molar-refractivity contribution in [3.8, 4) is 0 Å². The highest BCUT2D eigenvalue weighted by atomic mass is 16.5. The van der Waals surface area contributed by atoms with E-state index in [0.29, 0.717) is 5.56 Å². The molecule has 0 unspecified atom stereocenters. The Kier molecular flexibility index (Phi) is 2.51. The fourth-order valence-corrected chi connectivity index (χ4v) is 0.982. The van der Waals surface area contributed by atoms with Crippen LogP contribution in [0, 0.1) is 13.8 Å². The molecule has 0 N–H and O–H groups in total. The quantitative estimate of drug-likeness (QED) is 0.609. The monoisotopic (exact) mass is 182 g/mol. The van der Waals surface area contributed by atoms with Gasteiger partial charge in [0.05, 0.1) is 13.4 Å². The molecule has 0 radical (unpaired) electrons. The first-order chi connectivity index (χ1) is 6.07. The minimum Gasteiger partial charge on any atom is -0.463 e. The Morgan fingerprint density at radius 1 is 1.46 bits per heavy atom. The van der Waals surface area contributed by atoms with Gasteiger partial charge < -0.3 is 9.15 Å². The number of carbonyl (C=O) groups excluding carboxylic acids is 1. The summed E-state index contributed by atoms with van der Waals surface area (Å²) in [4.78, 5) is 22.4. The average Bonchev–Trinajstić information content (AvgIpc) is 2.13. The van der Waals surface area contributed by atoms with Crippen LogP contribution in [0.3, 0.4) is 0 Å². The molecule has 0 saturated carbocycles. The molecular formula is C9H10O4. The highest BCUT2D eigenvalue weighted by Crippen LogP contribution is 2.05. The van der Waals surface area contributed by atoms with Crippen molar-refractivity contribution in [3.05, 3.63) is 33.4 Å². The molecule has 70 valence electrons. The van der Waals surface area contributed by atoms with Gasteiger partial charge in [0, 0.05) is 11.1 Å². The third kappa shape index (κ3) is 1.61. The maximum absolute atomic E-state index is 11.3. The Morgan fingerprint density at radius 2 is 2.08 bits per heavy atom. The van der Waals surface area contributed by atoms with Crippen LogP contribution in [-0.2, 0) is 4.74 Å². The lowest BCUT2D eigenvalue weighted by atomic mass is 10.2. The lowest BCUT2D eigenvalue weighted by Crippen LogP contribution is -2.15. The van der Waals surface area contributed by atoms with E-state index in [4.69, 9.17) is 4.42 Å². The van der Waals surface area contributed by atoms with Crippen LogP contribution in [0.2, 0.25) is 0 Å². The number of methoxy groups -OCH3 is 1. The minimum absolute atomic E-state index is 0.0295. The highest BCUT2D eigenvalue weighted by Gasteiger charge is 2.15. The third-order valence-corrected chi connectivity index (χ3v) is 1.76. The van der Waals surface area contributed by atoms with Crippen LogP contribution in [0.25, 0.3) is 0 Å². The van der Waals surface area contributed by atoms with Crippen LogP contribution >= 0.6 is 0 Å². The van der Waals surface area contributed by atoms with Crippen LogP contribution in [0.1, 0.15) is 21.7 Å². The lowest BCUT2D eigenvalue weighted by Gasteiger charge is -2.01. The first-order valence-corrected chi connectivity index (χ1v) is 3.75. The van der Waals surface area contributed by atoms with E-state index in [1.54, 1.807) is 6.92 Å². The summed E-state index contributed by atoms with van der Waals surface area (Å²) in [7, 11) is 1.24. The summed E-state index contributed by atoms with van der Waals surface area (Å²) in [6.07, 6.45) is 1.25. The van der Waals surface area contributed by atoms with Crippen LogP contribution in [0.4, 0.5) is 0 Å². The van der Waals surface area contributed by atoms with Crippen molar-refractivity contribution < 1.29 is 13.9 Å². The molecule has 0 bridgehead atoms. The second-order valence-corrected chi connectivity index (χ2v) is 2.69. The number of hydrogen-bond donors (Lipinski definition) is 0. The van der Waals surface area contributed by atoms with Crippen molar-refractivity contribution in [1.29, 1.82) is 0 Å². The molecule has 0 fully saturated rings. The zero-order valence-electron chi connectivity index (χ0n) is 7.71. The third-order valence-electron chi connectivity index (χ3n) is 1.76. The Morgan fingerprint density at radius 3 is 2.62 bits per heavy atom. The Hall–Kier alpha value is -1.58. The van der Waals surface area contributed by atoms with Gasteiger partial charge in [-0.15, -0.1) is 0 Å². The number of esters is 1. The fourth-order valence-electron chi connectivity index (χ4n) is 0.982. The highest BCUT2D eigenvalue weighted by molar-refractivity contribution is 5.87. The summed E-state index contributed by atoms with van der Waals surface area (Å²) in [5, 5.41) is 0. The van der Waals surface area contributed by atoms with Crippen LogP contribution in [-0.4, -0.2) is 13.1 Å². The topological polar surface area (TPSA) is 56.5 Å². The molecule has 1 heterocycles. The molecule has 0 aromatic carbocycles. The first kappa shape index (κ1) is 9.51. The molecule has 13 heavy (non-hydrogen) atoms. The molecule has 0 spiro atoms. The molecular weight excluding hydrogens is 172 g/mol. The number of aryl methyl sites for hydroxylation is 1. The predicted octanol–water partition coefficient (Wildman–Crippen LogP) is 1.04. The van der Waals surface area contributed by atoms with Gasteiger partial charge in [0.1, 0.15) is 0 Å².